The third-order valence-corrected chi connectivity index (χ3v) is 4.65. The van der Waals surface area contributed by atoms with Gasteiger partial charge in [0, 0.05) is 0 Å². The van der Waals surface area contributed by atoms with Gasteiger partial charge in [-0.3, -0.25) is 4.79 Å². The van der Waals surface area contributed by atoms with Gasteiger partial charge in [0.25, 0.3) is 5.91 Å². The molecular formula is C24H24N2O5. The number of hydrogen-bond donors (Lipinski definition) is 1. The zero-order chi connectivity index (χ0) is 22.1. The van der Waals surface area contributed by atoms with E-state index in [2.05, 4.69) is 24.4 Å². The lowest BCUT2D eigenvalue weighted by Crippen LogP contribution is -2.24. The molecule has 0 aliphatic carbocycles. The molecule has 0 aliphatic rings. The van der Waals surface area contributed by atoms with Crippen LogP contribution in [0, 0.1) is 0 Å². The maximum absolute atomic E-state index is 11.9. The molecule has 3 aromatic rings. The second kappa shape index (κ2) is 10.8. The molecule has 0 radical (unpaired) electrons. The summed E-state index contributed by atoms with van der Waals surface area (Å²) >= 11 is 0. The number of rotatable bonds is 9. The predicted molar refractivity (Wildman–Crippen MR) is 116 cm³/mol. The van der Waals surface area contributed by atoms with E-state index in [9.17, 15) is 9.59 Å². The van der Waals surface area contributed by atoms with E-state index in [1.807, 2.05) is 24.3 Å². The minimum Gasteiger partial charge on any atom is -0.484 e. The van der Waals surface area contributed by atoms with Crippen molar-refractivity contribution in [3.05, 3.63) is 83.8 Å². The molecule has 1 heterocycles. The molecule has 0 bridgehead atoms. The minimum atomic E-state index is -0.576. The monoisotopic (exact) mass is 420 g/mol. The highest BCUT2D eigenvalue weighted by Crippen LogP contribution is 2.21. The van der Waals surface area contributed by atoms with Gasteiger partial charge in [0.2, 0.25) is 5.76 Å². The van der Waals surface area contributed by atoms with Crippen LogP contribution >= 0.6 is 0 Å². The first-order chi connectivity index (χ1) is 15.0. The fourth-order valence-corrected chi connectivity index (χ4v) is 2.66. The molecule has 1 aromatic heterocycles. The molecule has 0 saturated heterocycles. The molecule has 1 unspecified atom stereocenters. The highest BCUT2D eigenvalue weighted by Gasteiger charge is 2.11. The minimum absolute atomic E-state index is 0.127. The van der Waals surface area contributed by atoms with Gasteiger partial charge in [-0.1, -0.05) is 26.0 Å². The number of ether oxygens (including phenoxy) is 2. The number of nitrogens with zero attached hydrogens (tertiary/aromatic N) is 1. The van der Waals surface area contributed by atoms with E-state index in [1.54, 1.807) is 30.3 Å². The molecule has 0 aliphatic heterocycles. The van der Waals surface area contributed by atoms with Crippen molar-refractivity contribution >= 4 is 18.1 Å². The standard InChI is InChI=1S/C24H24N2O5/c1-3-17(2)19-8-12-20(13-9-19)30-16-23(27)26-25-15-18-6-10-21(11-7-18)31-24(28)22-5-4-14-29-22/h4-15,17H,3,16H2,1-2H3,(H,26,27)/b25-15-. The Hall–Kier alpha value is -3.87. The molecule has 1 N–H and O–H groups in total. The Morgan fingerprint density at radius 1 is 1.06 bits per heavy atom. The van der Waals surface area contributed by atoms with E-state index in [4.69, 9.17) is 13.9 Å². The van der Waals surface area contributed by atoms with E-state index < -0.39 is 5.97 Å². The van der Waals surface area contributed by atoms with Crippen molar-refractivity contribution < 1.29 is 23.5 Å². The summed E-state index contributed by atoms with van der Waals surface area (Å²) in [4.78, 5) is 23.7. The van der Waals surface area contributed by atoms with Gasteiger partial charge in [0.15, 0.2) is 6.61 Å². The molecule has 2 aromatic carbocycles. The van der Waals surface area contributed by atoms with Crippen LogP contribution in [-0.4, -0.2) is 24.7 Å². The first-order valence-electron chi connectivity index (χ1n) is 9.95. The number of nitrogens with one attached hydrogen (secondary N) is 1. The van der Waals surface area contributed by atoms with Crippen LogP contribution in [0.2, 0.25) is 0 Å². The van der Waals surface area contributed by atoms with Crippen LogP contribution in [0.15, 0.2) is 76.4 Å². The fraction of sp³-hybridized carbons (Fsp3) is 0.208. The molecular weight excluding hydrogens is 396 g/mol. The zero-order valence-electron chi connectivity index (χ0n) is 17.4. The number of amides is 1. The van der Waals surface area contributed by atoms with E-state index in [0.717, 1.165) is 12.0 Å². The number of benzene rings is 2. The first kappa shape index (κ1) is 21.8. The Balaban J connectivity index is 1.42. The summed E-state index contributed by atoms with van der Waals surface area (Å²) in [7, 11) is 0. The summed E-state index contributed by atoms with van der Waals surface area (Å²) in [6.45, 7) is 4.18. The molecule has 0 spiro atoms. The maximum Gasteiger partial charge on any atom is 0.379 e. The number of furan rings is 1. The number of hydrazone groups is 1. The van der Waals surface area contributed by atoms with Gasteiger partial charge in [-0.2, -0.15) is 5.10 Å². The molecule has 1 atom stereocenters. The average molecular weight is 420 g/mol. The van der Waals surface area contributed by atoms with Gasteiger partial charge in [0.1, 0.15) is 11.5 Å². The van der Waals surface area contributed by atoms with Gasteiger partial charge in [-0.05, 0) is 72.0 Å². The summed E-state index contributed by atoms with van der Waals surface area (Å²) in [5.41, 5.74) is 4.38. The van der Waals surface area contributed by atoms with Crippen molar-refractivity contribution in [2.24, 2.45) is 5.10 Å². The predicted octanol–water partition coefficient (Wildman–Crippen LogP) is 4.54. The third kappa shape index (κ3) is 6.57. The van der Waals surface area contributed by atoms with Crippen molar-refractivity contribution in [3.8, 4) is 11.5 Å². The second-order valence-corrected chi connectivity index (χ2v) is 6.90. The molecule has 31 heavy (non-hydrogen) atoms. The van der Waals surface area contributed by atoms with E-state index in [-0.39, 0.29) is 18.3 Å². The molecule has 7 heteroatoms. The van der Waals surface area contributed by atoms with Crippen LogP contribution in [0.4, 0.5) is 0 Å². The van der Waals surface area contributed by atoms with Crippen molar-refractivity contribution in [1.29, 1.82) is 0 Å². The summed E-state index contributed by atoms with van der Waals surface area (Å²) < 4.78 is 15.7. The van der Waals surface area contributed by atoms with Crippen LogP contribution in [-0.2, 0) is 4.79 Å². The van der Waals surface area contributed by atoms with Crippen LogP contribution < -0.4 is 14.9 Å². The van der Waals surface area contributed by atoms with Gasteiger partial charge in [-0.25, -0.2) is 10.2 Å². The molecule has 7 nitrogen and oxygen atoms in total. The Morgan fingerprint density at radius 2 is 1.77 bits per heavy atom. The van der Waals surface area contributed by atoms with Gasteiger partial charge in [-0.15, -0.1) is 0 Å². The van der Waals surface area contributed by atoms with E-state index in [1.165, 1.54) is 24.1 Å². The molecule has 3 rings (SSSR count). The zero-order valence-corrected chi connectivity index (χ0v) is 17.4. The highest BCUT2D eigenvalue weighted by atomic mass is 16.5. The quantitative estimate of drug-likeness (QED) is 0.238. The largest absolute Gasteiger partial charge is 0.484 e. The molecule has 1 amide bonds. The number of esters is 1. The van der Waals surface area contributed by atoms with Gasteiger partial charge >= 0.3 is 5.97 Å². The van der Waals surface area contributed by atoms with Crippen molar-refractivity contribution in [1.82, 2.24) is 5.43 Å². The number of hydrogen-bond acceptors (Lipinski definition) is 6. The van der Waals surface area contributed by atoms with Gasteiger partial charge in [0.05, 0.1) is 12.5 Å². The normalized spacial score (nSPS) is 11.8. The third-order valence-electron chi connectivity index (χ3n) is 4.65. The number of carbonyl (C=O) groups is 2. The Bertz CT molecular complexity index is 1010. The fourth-order valence-electron chi connectivity index (χ4n) is 2.66. The Kier molecular flexibility index (Phi) is 7.59. The van der Waals surface area contributed by atoms with Crippen molar-refractivity contribution in [2.45, 2.75) is 26.2 Å². The SMILES string of the molecule is CCC(C)c1ccc(OCC(=O)N/N=C\c2ccc(OC(=O)c3ccco3)cc2)cc1. The molecule has 0 saturated carbocycles. The molecule has 160 valence electrons. The second-order valence-electron chi connectivity index (χ2n) is 6.90. The Labute approximate surface area is 180 Å². The van der Waals surface area contributed by atoms with Crippen LogP contribution in [0.5, 0.6) is 11.5 Å². The van der Waals surface area contributed by atoms with Crippen LogP contribution in [0.1, 0.15) is 47.9 Å². The number of carbonyl (C=O) groups excluding carboxylic acids is 2. The van der Waals surface area contributed by atoms with E-state index in [0.29, 0.717) is 17.4 Å². The lowest BCUT2D eigenvalue weighted by Gasteiger charge is -2.10. The van der Waals surface area contributed by atoms with Gasteiger partial charge < -0.3 is 13.9 Å². The lowest BCUT2D eigenvalue weighted by atomic mass is 9.99. The van der Waals surface area contributed by atoms with Crippen molar-refractivity contribution in [2.75, 3.05) is 6.61 Å². The Morgan fingerprint density at radius 3 is 2.42 bits per heavy atom. The topological polar surface area (TPSA) is 90.1 Å². The summed E-state index contributed by atoms with van der Waals surface area (Å²) in [6, 6.07) is 17.5. The smallest absolute Gasteiger partial charge is 0.379 e. The van der Waals surface area contributed by atoms with Crippen LogP contribution in [0.3, 0.4) is 0 Å². The maximum atomic E-state index is 11.9. The van der Waals surface area contributed by atoms with Crippen LogP contribution in [0.25, 0.3) is 0 Å². The summed E-state index contributed by atoms with van der Waals surface area (Å²) in [6.07, 6.45) is 3.95. The summed E-state index contributed by atoms with van der Waals surface area (Å²) in [5.74, 6) is 0.673. The van der Waals surface area contributed by atoms with Crippen molar-refractivity contribution in [3.63, 3.8) is 0 Å². The van der Waals surface area contributed by atoms with E-state index >= 15 is 0 Å². The summed E-state index contributed by atoms with van der Waals surface area (Å²) in [5, 5.41) is 3.91. The first-order valence-corrected chi connectivity index (χ1v) is 9.95. The highest BCUT2D eigenvalue weighted by molar-refractivity contribution is 5.88. The average Bonchev–Trinajstić information content (AvgIpc) is 3.34. The lowest BCUT2D eigenvalue weighted by molar-refractivity contribution is -0.123. The molecule has 0 fully saturated rings.